The second-order valence-electron chi connectivity index (χ2n) is 5.87. The lowest BCUT2D eigenvalue weighted by molar-refractivity contribution is -0.121. The smallest absolute Gasteiger partial charge is 0.387 e. The van der Waals surface area contributed by atoms with Crippen LogP contribution in [0.25, 0.3) is 0 Å². The average Bonchev–Trinajstić information content (AvgIpc) is 2.58. The summed E-state index contributed by atoms with van der Waals surface area (Å²) in [4.78, 5) is 11.9. The van der Waals surface area contributed by atoms with Gasteiger partial charge in [-0.25, -0.2) is 0 Å². The minimum Gasteiger partial charge on any atom is -0.493 e. The van der Waals surface area contributed by atoms with Gasteiger partial charge in [-0.15, -0.1) is 12.4 Å². The summed E-state index contributed by atoms with van der Waals surface area (Å²) in [6.45, 7) is -0.612. The Morgan fingerprint density at radius 2 is 2.04 bits per heavy atom. The molecule has 142 valence electrons. The van der Waals surface area contributed by atoms with Crippen molar-refractivity contribution in [1.82, 2.24) is 10.6 Å². The molecule has 2 rings (SSSR count). The molecule has 0 spiro atoms. The summed E-state index contributed by atoms with van der Waals surface area (Å²) in [5, 5.41) is 6.12. The lowest BCUT2D eigenvalue weighted by Gasteiger charge is -2.22. The van der Waals surface area contributed by atoms with Gasteiger partial charge in [-0.2, -0.15) is 8.78 Å². The minimum absolute atomic E-state index is 0. The number of carbonyl (C=O) groups is 1. The number of alkyl halides is 2. The topological polar surface area (TPSA) is 59.6 Å². The second kappa shape index (κ2) is 11.1. The number of methoxy groups -OCH3 is 1. The van der Waals surface area contributed by atoms with E-state index in [9.17, 15) is 13.6 Å². The van der Waals surface area contributed by atoms with E-state index in [2.05, 4.69) is 15.4 Å². The third kappa shape index (κ3) is 7.44. The molecule has 0 unspecified atom stereocenters. The van der Waals surface area contributed by atoms with Crippen molar-refractivity contribution in [2.24, 2.45) is 5.92 Å². The summed E-state index contributed by atoms with van der Waals surface area (Å²) in [5.41, 5.74) is 0.682. The Labute approximate surface area is 152 Å². The van der Waals surface area contributed by atoms with Gasteiger partial charge in [0.25, 0.3) is 0 Å². The molecule has 2 N–H and O–H groups in total. The third-order valence-electron chi connectivity index (χ3n) is 4.17. The third-order valence-corrected chi connectivity index (χ3v) is 4.17. The van der Waals surface area contributed by atoms with Gasteiger partial charge in [0.2, 0.25) is 5.91 Å². The van der Waals surface area contributed by atoms with Gasteiger partial charge in [-0.3, -0.25) is 4.79 Å². The van der Waals surface area contributed by atoms with Crippen molar-refractivity contribution in [1.29, 1.82) is 0 Å². The molecule has 1 saturated heterocycles. The predicted molar refractivity (Wildman–Crippen MR) is 93.5 cm³/mol. The highest BCUT2D eigenvalue weighted by Crippen LogP contribution is 2.29. The molecular formula is C17H25ClF2N2O3. The fourth-order valence-corrected chi connectivity index (χ4v) is 2.81. The fraction of sp³-hybridized carbons (Fsp3) is 0.588. The van der Waals surface area contributed by atoms with Crippen LogP contribution >= 0.6 is 12.4 Å². The Morgan fingerprint density at radius 3 is 2.68 bits per heavy atom. The van der Waals surface area contributed by atoms with E-state index < -0.39 is 6.61 Å². The van der Waals surface area contributed by atoms with Gasteiger partial charge in [0.1, 0.15) is 0 Å². The highest BCUT2D eigenvalue weighted by Gasteiger charge is 2.15. The quantitative estimate of drug-likeness (QED) is 0.729. The molecule has 25 heavy (non-hydrogen) atoms. The van der Waals surface area contributed by atoms with Gasteiger partial charge in [-0.1, -0.05) is 6.07 Å². The van der Waals surface area contributed by atoms with E-state index in [1.807, 2.05) is 0 Å². The van der Waals surface area contributed by atoms with E-state index in [-0.39, 0.29) is 36.4 Å². The second-order valence-corrected chi connectivity index (χ2v) is 5.87. The molecule has 1 amide bonds. The largest absolute Gasteiger partial charge is 0.493 e. The molecule has 1 fully saturated rings. The molecule has 1 aromatic carbocycles. The van der Waals surface area contributed by atoms with Crippen LogP contribution in [0, 0.1) is 5.92 Å². The van der Waals surface area contributed by atoms with Gasteiger partial charge in [-0.05, 0) is 56.0 Å². The Hall–Kier alpha value is -1.60. The van der Waals surface area contributed by atoms with E-state index in [1.165, 1.54) is 13.2 Å². The van der Waals surface area contributed by atoms with Crippen LogP contribution in [0.4, 0.5) is 8.78 Å². The zero-order chi connectivity index (χ0) is 17.4. The first-order chi connectivity index (χ1) is 11.6. The molecule has 0 bridgehead atoms. The summed E-state index contributed by atoms with van der Waals surface area (Å²) in [6.07, 6.45) is 3.59. The SMILES string of the molecule is COc1ccc(CNC(=O)CCC2CCNCC2)cc1OC(F)F.Cl. The van der Waals surface area contributed by atoms with Crippen molar-refractivity contribution in [3.05, 3.63) is 23.8 Å². The van der Waals surface area contributed by atoms with Gasteiger partial charge in [0.05, 0.1) is 7.11 Å². The molecule has 0 aliphatic carbocycles. The standard InChI is InChI=1S/C17H24F2N2O3.ClH/c1-23-14-4-2-13(10-15(14)24-17(18)19)11-21-16(22)5-3-12-6-8-20-9-7-12;/h2,4,10,12,17,20H,3,5-9,11H2,1H3,(H,21,22);1H. The number of piperidine rings is 1. The zero-order valence-corrected chi connectivity index (χ0v) is 15.0. The van der Waals surface area contributed by atoms with Crippen molar-refractivity contribution in [2.75, 3.05) is 20.2 Å². The number of amides is 1. The number of carbonyl (C=O) groups excluding carboxylic acids is 1. The van der Waals surface area contributed by atoms with Crippen molar-refractivity contribution >= 4 is 18.3 Å². The van der Waals surface area contributed by atoms with Crippen LogP contribution < -0.4 is 20.1 Å². The zero-order valence-electron chi connectivity index (χ0n) is 14.2. The lowest BCUT2D eigenvalue weighted by atomic mass is 9.93. The minimum atomic E-state index is -2.92. The number of hydrogen-bond donors (Lipinski definition) is 2. The van der Waals surface area contributed by atoms with E-state index in [0.29, 0.717) is 17.9 Å². The molecule has 1 aliphatic heterocycles. The fourth-order valence-electron chi connectivity index (χ4n) is 2.81. The monoisotopic (exact) mass is 378 g/mol. The van der Waals surface area contributed by atoms with E-state index in [4.69, 9.17) is 4.74 Å². The first-order valence-corrected chi connectivity index (χ1v) is 8.17. The van der Waals surface area contributed by atoms with Gasteiger partial charge < -0.3 is 20.1 Å². The summed E-state index contributed by atoms with van der Waals surface area (Å²) < 4.78 is 34.2. The maximum Gasteiger partial charge on any atom is 0.387 e. The molecule has 0 aromatic heterocycles. The normalized spacial score (nSPS) is 14.7. The van der Waals surface area contributed by atoms with Crippen molar-refractivity contribution in [3.63, 3.8) is 0 Å². The van der Waals surface area contributed by atoms with Crippen LogP contribution in [0.2, 0.25) is 0 Å². The first kappa shape index (κ1) is 21.4. The Kier molecular flexibility index (Phi) is 9.52. The summed E-state index contributed by atoms with van der Waals surface area (Å²) in [7, 11) is 1.38. The molecular weight excluding hydrogens is 354 g/mol. The number of ether oxygens (including phenoxy) is 2. The maximum absolute atomic E-state index is 12.4. The summed E-state index contributed by atoms with van der Waals surface area (Å²) in [5.74, 6) is 0.773. The molecule has 0 atom stereocenters. The van der Waals surface area contributed by atoms with Crippen molar-refractivity contribution < 1.29 is 23.0 Å². The van der Waals surface area contributed by atoms with Crippen molar-refractivity contribution in [3.8, 4) is 11.5 Å². The van der Waals surface area contributed by atoms with Gasteiger partial charge in [0, 0.05) is 13.0 Å². The number of halogens is 3. The Morgan fingerprint density at radius 1 is 1.32 bits per heavy atom. The molecule has 1 aliphatic rings. The molecule has 5 nitrogen and oxygen atoms in total. The molecule has 0 saturated carbocycles. The molecule has 8 heteroatoms. The van der Waals surface area contributed by atoms with E-state index >= 15 is 0 Å². The number of benzene rings is 1. The first-order valence-electron chi connectivity index (χ1n) is 8.17. The molecule has 0 radical (unpaired) electrons. The Balaban J connectivity index is 0.00000312. The maximum atomic E-state index is 12.4. The highest BCUT2D eigenvalue weighted by atomic mass is 35.5. The molecule has 1 heterocycles. The van der Waals surface area contributed by atoms with Crippen LogP contribution in [0.3, 0.4) is 0 Å². The lowest BCUT2D eigenvalue weighted by Crippen LogP contribution is -2.29. The summed E-state index contributed by atoms with van der Waals surface area (Å²) >= 11 is 0. The number of hydrogen-bond acceptors (Lipinski definition) is 4. The highest BCUT2D eigenvalue weighted by molar-refractivity contribution is 5.85. The number of nitrogens with one attached hydrogen (secondary N) is 2. The van der Waals surface area contributed by atoms with Crippen LogP contribution in [-0.4, -0.2) is 32.7 Å². The molecule has 1 aromatic rings. The summed E-state index contributed by atoms with van der Waals surface area (Å²) in [6, 6.07) is 4.72. The predicted octanol–water partition coefficient (Wildman–Crippen LogP) is 3.11. The van der Waals surface area contributed by atoms with E-state index in [1.54, 1.807) is 12.1 Å². The average molecular weight is 379 g/mol. The van der Waals surface area contributed by atoms with Crippen LogP contribution in [-0.2, 0) is 11.3 Å². The van der Waals surface area contributed by atoms with Crippen LogP contribution in [0.5, 0.6) is 11.5 Å². The van der Waals surface area contributed by atoms with Gasteiger partial charge in [0.15, 0.2) is 11.5 Å². The Bertz CT molecular complexity index is 541. The van der Waals surface area contributed by atoms with E-state index in [0.717, 1.165) is 32.4 Å². The van der Waals surface area contributed by atoms with Gasteiger partial charge >= 0.3 is 6.61 Å². The number of rotatable bonds is 8. The van der Waals surface area contributed by atoms with Crippen molar-refractivity contribution in [2.45, 2.75) is 38.8 Å². The van der Waals surface area contributed by atoms with Crippen LogP contribution in [0.15, 0.2) is 18.2 Å². The van der Waals surface area contributed by atoms with Crippen LogP contribution in [0.1, 0.15) is 31.2 Å².